The molecule has 1 heterocycles. The number of nitrogens with zero attached hydrogens (tertiary/aromatic N) is 2. The Morgan fingerprint density at radius 3 is 2.60 bits per heavy atom. The summed E-state index contributed by atoms with van der Waals surface area (Å²) in [5, 5.41) is 15.2. The highest BCUT2D eigenvalue weighted by atomic mass is 19.4. The normalized spacial score (nSPS) is 17.7. The molecule has 0 aliphatic heterocycles. The van der Waals surface area contributed by atoms with E-state index < -0.39 is 11.8 Å². The molecule has 1 aromatic heterocycles. The summed E-state index contributed by atoms with van der Waals surface area (Å²) in [6.07, 6.45) is -0.407. The fourth-order valence-electron chi connectivity index (χ4n) is 4.17. The van der Waals surface area contributed by atoms with Gasteiger partial charge in [-0.3, -0.25) is 4.68 Å². The summed E-state index contributed by atoms with van der Waals surface area (Å²) in [4.78, 5) is 11.1. The van der Waals surface area contributed by atoms with Crippen LogP contribution in [0.15, 0.2) is 48.8 Å². The van der Waals surface area contributed by atoms with Crippen LogP contribution in [0.4, 0.5) is 13.2 Å². The predicted octanol–water partition coefficient (Wildman–Crippen LogP) is 5.01. The number of aromatic nitrogens is 2. The number of Topliss-reactive ketones (excluding diaryl/α,β-unsaturated/α-hetero) is 1. The predicted molar refractivity (Wildman–Crippen MR) is 107 cm³/mol. The number of rotatable bonds is 5. The molecule has 3 aromatic rings. The third kappa shape index (κ3) is 3.13. The van der Waals surface area contributed by atoms with E-state index in [1.54, 1.807) is 36.1 Å². The van der Waals surface area contributed by atoms with Gasteiger partial charge in [0.15, 0.2) is 0 Å². The highest BCUT2D eigenvalue weighted by molar-refractivity contribution is 5.92. The number of halogens is 3. The van der Waals surface area contributed by atoms with Gasteiger partial charge in [0.2, 0.25) is 5.60 Å². The summed E-state index contributed by atoms with van der Waals surface area (Å²) in [6.45, 7) is 3.78. The quantitative estimate of drug-likeness (QED) is 0.639. The summed E-state index contributed by atoms with van der Waals surface area (Å²) < 4.78 is 43.9. The smallest absolute Gasteiger partial charge is 0.372 e. The maximum absolute atomic E-state index is 14.1. The zero-order chi connectivity index (χ0) is 21.7. The van der Waals surface area contributed by atoms with Crippen LogP contribution in [0, 0.1) is 6.92 Å². The summed E-state index contributed by atoms with van der Waals surface area (Å²) in [5.41, 5.74) is -0.760. The maximum atomic E-state index is 14.1. The fourth-order valence-corrected chi connectivity index (χ4v) is 4.17. The minimum Gasteiger partial charge on any atom is -0.372 e. The van der Waals surface area contributed by atoms with Crippen molar-refractivity contribution in [1.82, 2.24) is 9.78 Å². The molecule has 0 fully saturated rings. The average molecular weight is 414 g/mol. The van der Waals surface area contributed by atoms with Gasteiger partial charge in [0.25, 0.3) is 0 Å². The molecule has 30 heavy (non-hydrogen) atoms. The number of hydrogen-bond donors (Lipinski definition) is 1. The van der Waals surface area contributed by atoms with E-state index in [0.717, 1.165) is 0 Å². The number of alkyl halides is 3. The van der Waals surface area contributed by atoms with Crippen molar-refractivity contribution in [3.8, 4) is 22.3 Å². The van der Waals surface area contributed by atoms with Crippen molar-refractivity contribution in [2.75, 3.05) is 0 Å². The number of carbonyl (C=O) groups is 1. The third-order valence-electron chi connectivity index (χ3n) is 5.53. The van der Waals surface area contributed by atoms with Crippen LogP contribution in [0.1, 0.15) is 36.5 Å². The van der Waals surface area contributed by atoms with E-state index >= 15 is 0 Å². The molecule has 0 amide bonds. The van der Waals surface area contributed by atoms with Gasteiger partial charge in [0, 0.05) is 35.9 Å². The molecular formula is C23H21F3N2O2. The van der Waals surface area contributed by atoms with Crippen LogP contribution < -0.4 is 0 Å². The Balaban J connectivity index is 1.86. The number of benzene rings is 2. The van der Waals surface area contributed by atoms with Gasteiger partial charge in [-0.05, 0) is 37.0 Å². The van der Waals surface area contributed by atoms with E-state index in [4.69, 9.17) is 0 Å². The second-order valence-corrected chi connectivity index (χ2v) is 7.79. The van der Waals surface area contributed by atoms with Gasteiger partial charge >= 0.3 is 6.18 Å². The molecule has 4 nitrogen and oxygen atoms in total. The highest BCUT2D eigenvalue weighted by Gasteiger charge is 2.61. The fraction of sp³-hybridized carbons (Fsp3) is 0.304. The van der Waals surface area contributed by atoms with Gasteiger partial charge in [0.1, 0.15) is 5.78 Å². The molecule has 2 aromatic carbocycles. The Hall–Kier alpha value is -2.93. The van der Waals surface area contributed by atoms with Crippen LogP contribution in [0.3, 0.4) is 0 Å². The zero-order valence-corrected chi connectivity index (χ0v) is 16.6. The summed E-state index contributed by atoms with van der Waals surface area (Å²) in [6, 6.07) is 9.32. The first-order valence-electron chi connectivity index (χ1n) is 9.69. The molecule has 1 atom stereocenters. The molecule has 0 bridgehead atoms. The minimum atomic E-state index is -4.86. The topological polar surface area (TPSA) is 55.1 Å². The second kappa shape index (κ2) is 7.09. The van der Waals surface area contributed by atoms with E-state index in [-0.39, 0.29) is 16.9 Å². The monoisotopic (exact) mass is 414 g/mol. The van der Waals surface area contributed by atoms with Crippen LogP contribution in [0.5, 0.6) is 0 Å². The van der Waals surface area contributed by atoms with Gasteiger partial charge in [-0.2, -0.15) is 18.3 Å². The molecule has 0 radical (unpaired) electrons. The maximum Gasteiger partial charge on any atom is 0.425 e. The van der Waals surface area contributed by atoms with Crippen molar-refractivity contribution >= 4 is 5.78 Å². The van der Waals surface area contributed by atoms with Crippen molar-refractivity contribution in [2.45, 2.75) is 45.0 Å². The largest absolute Gasteiger partial charge is 0.425 e. The Morgan fingerprint density at radius 1 is 1.17 bits per heavy atom. The van der Waals surface area contributed by atoms with E-state index in [0.29, 0.717) is 47.2 Å². The number of ketones is 1. The van der Waals surface area contributed by atoms with Crippen LogP contribution >= 0.6 is 0 Å². The third-order valence-corrected chi connectivity index (χ3v) is 5.53. The van der Waals surface area contributed by atoms with Gasteiger partial charge in [-0.15, -0.1) is 0 Å². The molecule has 1 N–H and O–H groups in total. The lowest BCUT2D eigenvalue weighted by Crippen LogP contribution is -2.41. The molecule has 1 aliphatic rings. The van der Waals surface area contributed by atoms with E-state index in [1.165, 1.54) is 25.1 Å². The Morgan fingerprint density at radius 2 is 1.90 bits per heavy atom. The first-order valence-corrected chi connectivity index (χ1v) is 9.69. The lowest BCUT2D eigenvalue weighted by atomic mass is 9.88. The summed E-state index contributed by atoms with van der Waals surface area (Å²) in [7, 11) is 0. The van der Waals surface area contributed by atoms with Crippen molar-refractivity contribution in [1.29, 1.82) is 0 Å². The molecule has 0 unspecified atom stereocenters. The SMILES string of the molecule is CC(=O)CCCn1cc(-c2cc(C)cc3c2-c2ccccc2[C@]3(O)C(F)(F)F)cn1. The molecule has 156 valence electrons. The molecule has 4 rings (SSSR count). The van der Waals surface area contributed by atoms with Crippen molar-refractivity contribution in [3.63, 3.8) is 0 Å². The molecular weight excluding hydrogens is 393 g/mol. The lowest BCUT2D eigenvalue weighted by Gasteiger charge is -2.28. The number of hydrogen-bond acceptors (Lipinski definition) is 3. The average Bonchev–Trinajstić information content (AvgIpc) is 3.23. The molecule has 7 heteroatoms. The Bertz CT molecular complexity index is 1130. The highest BCUT2D eigenvalue weighted by Crippen LogP contribution is 2.57. The number of aliphatic hydroxyl groups is 1. The Labute approximate surface area is 172 Å². The van der Waals surface area contributed by atoms with Crippen LogP contribution in [0.2, 0.25) is 0 Å². The van der Waals surface area contributed by atoms with Crippen LogP contribution in [0.25, 0.3) is 22.3 Å². The lowest BCUT2D eigenvalue weighted by molar-refractivity contribution is -0.246. The number of aryl methyl sites for hydroxylation is 2. The summed E-state index contributed by atoms with van der Waals surface area (Å²) >= 11 is 0. The van der Waals surface area contributed by atoms with Gasteiger partial charge < -0.3 is 9.90 Å². The number of carbonyl (C=O) groups excluding carboxylic acids is 1. The van der Waals surface area contributed by atoms with Crippen molar-refractivity contribution < 1.29 is 23.1 Å². The molecule has 0 saturated carbocycles. The first kappa shape index (κ1) is 20.3. The van der Waals surface area contributed by atoms with Crippen molar-refractivity contribution in [3.05, 3.63) is 65.5 Å². The zero-order valence-electron chi connectivity index (χ0n) is 16.6. The van der Waals surface area contributed by atoms with Gasteiger partial charge in [-0.25, -0.2) is 0 Å². The van der Waals surface area contributed by atoms with Gasteiger partial charge in [0.05, 0.1) is 6.20 Å². The minimum absolute atomic E-state index is 0.0990. The number of fused-ring (bicyclic) bond motifs is 3. The summed E-state index contributed by atoms with van der Waals surface area (Å²) in [5.74, 6) is 0.0990. The van der Waals surface area contributed by atoms with E-state index in [2.05, 4.69) is 5.10 Å². The molecule has 0 saturated heterocycles. The van der Waals surface area contributed by atoms with E-state index in [1.807, 2.05) is 6.07 Å². The van der Waals surface area contributed by atoms with E-state index in [9.17, 15) is 23.1 Å². The molecule has 1 aliphatic carbocycles. The van der Waals surface area contributed by atoms with Crippen molar-refractivity contribution in [2.24, 2.45) is 0 Å². The Kier molecular flexibility index (Phi) is 4.81. The van der Waals surface area contributed by atoms with Gasteiger partial charge in [-0.1, -0.05) is 42.0 Å². The molecule has 0 spiro atoms. The standard InChI is InChI=1S/C23H21F3N2O2/c1-14-10-18(16-12-27-28(13-16)9-5-6-15(2)29)21-17-7-3-4-8-19(17)22(30,20(21)11-14)23(24,25)26/h3-4,7-8,10-13,30H,5-6,9H2,1-2H3/t22-/m1/s1. The second-order valence-electron chi connectivity index (χ2n) is 7.79. The van der Waals surface area contributed by atoms with Crippen LogP contribution in [-0.2, 0) is 16.9 Å². The first-order chi connectivity index (χ1) is 14.1. The van der Waals surface area contributed by atoms with Crippen LogP contribution in [-0.4, -0.2) is 26.8 Å².